The van der Waals surface area contributed by atoms with E-state index >= 15 is 0 Å². The van der Waals surface area contributed by atoms with E-state index in [4.69, 9.17) is 11.6 Å². The predicted molar refractivity (Wildman–Crippen MR) is 87.1 cm³/mol. The Labute approximate surface area is 131 Å². The maximum atomic E-state index is 11.0. The van der Waals surface area contributed by atoms with E-state index in [2.05, 4.69) is 15.0 Å². The first kappa shape index (κ1) is 17.7. The van der Waals surface area contributed by atoms with Crippen LogP contribution >= 0.6 is 11.6 Å². The van der Waals surface area contributed by atoms with E-state index in [1.165, 1.54) is 0 Å². The zero-order chi connectivity index (χ0) is 15.9. The molecule has 0 aliphatic rings. The quantitative estimate of drug-likeness (QED) is 0.461. The summed E-state index contributed by atoms with van der Waals surface area (Å²) in [4.78, 5) is 6.08. The van der Waals surface area contributed by atoms with Crippen LogP contribution in [0.1, 0.15) is 5.56 Å². The summed E-state index contributed by atoms with van der Waals surface area (Å²) in [7, 11) is 0.403. The Kier molecular flexibility index (Phi) is 6.94. The number of nitrogens with one attached hydrogen (secondary N) is 2. The van der Waals surface area contributed by atoms with Crippen molar-refractivity contribution in [3.63, 3.8) is 0 Å². The lowest BCUT2D eigenvalue weighted by Gasteiger charge is -2.22. The molecule has 0 fully saturated rings. The van der Waals surface area contributed by atoms with Gasteiger partial charge in [-0.25, -0.2) is 13.1 Å². The summed E-state index contributed by atoms with van der Waals surface area (Å²) in [5, 5.41) is 3.79. The van der Waals surface area contributed by atoms with Crippen molar-refractivity contribution in [2.75, 3.05) is 33.4 Å². The number of aliphatic imine (C=N–C) groups is 1. The number of guanidine groups is 1. The van der Waals surface area contributed by atoms with Crippen LogP contribution < -0.4 is 10.0 Å². The summed E-state index contributed by atoms with van der Waals surface area (Å²) in [5.74, 6) is 0.672. The van der Waals surface area contributed by atoms with Gasteiger partial charge in [0.2, 0.25) is 10.0 Å². The largest absolute Gasteiger partial charge is 0.355 e. The molecule has 0 atom stereocenters. The lowest BCUT2D eigenvalue weighted by Crippen LogP contribution is -2.42. The molecule has 0 spiro atoms. The Balaban J connectivity index is 2.51. The third-order valence-electron chi connectivity index (χ3n) is 2.71. The van der Waals surface area contributed by atoms with Gasteiger partial charge in [-0.05, 0) is 11.6 Å². The lowest BCUT2D eigenvalue weighted by atomic mass is 10.2. The van der Waals surface area contributed by atoms with Gasteiger partial charge in [0.25, 0.3) is 0 Å². The Morgan fingerprint density at radius 3 is 2.57 bits per heavy atom. The molecular formula is C13H21ClN4O2S. The van der Waals surface area contributed by atoms with Crippen molar-refractivity contribution in [1.29, 1.82) is 0 Å². The fourth-order valence-electron chi connectivity index (χ4n) is 1.75. The van der Waals surface area contributed by atoms with Gasteiger partial charge in [0, 0.05) is 38.8 Å². The first-order valence-corrected chi connectivity index (χ1v) is 8.70. The molecule has 0 aliphatic carbocycles. The Morgan fingerprint density at radius 2 is 2.00 bits per heavy atom. The molecule has 0 aromatic heterocycles. The number of rotatable bonds is 6. The SMILES string of the molecule is CN=C(NCCNS(C)(=O)=O)N(C)Cc1ccccc1Cl. The van der Waals surface area contributed by atoms with Crippen molar-refractivity contribution < 1.29 is 8.42 Å². The third kappa shape index (κ3) is 6.79. The number of sulfonamides is 1. The van der Waals surface area contributed by atoms with Crippen molar-refractivity contribution >= 4 is 27.6 Å². The normalized spacial score (nSPS) is 12.3. The van der Waals surface area contributed by atoms with Gasteiger partial charge in [0.1, 0.15) is 0 Å². The van der Waals surface area contributed by atoms with Crippen LogP contribution in [0.3, 0.4) is 0 Å². The van der Waals surface area contributed by atoms with E-state index in [1.54, 1.807) is 7.05 Å². The summed E-state index contributed by atoms with van der Waals surface area (Å²) in [6.45, 7) is 1.36. The average Bonchev–Trinajstić information content (AvgIpc) is 2.40. The van der Waals surface area contributed by atoms with E-state index in [9.17, 15) is 8.42 Å². The average molecular weight is 333 g/mol. The van der Waals surface area contributed by atoms with Gasteiger partial charge in [-0.2, -0.15) is 0 Å². The van der Waals surface area contributed by atoms with E-state index in [1.807, 2.05) is 36.2 Å². The molecule has 6 nitrogen and oxygen atoms in total. The van der Waals surface area contributed by atoms with Crippen molar-refractivity contribution in [1.82, 2.24) is 14.9 Å². The van der Waals surface area contributed by atoms with Gasteiger partial charge in [-0.3, -0.25) is 4.99 Å². The van der Waals surface area contributed by atoms with Gasteiger partial charge in [-0.1, -0.05) is 29.8 Å². The Morgan fingerprint density at radius 1 is 1.33 bits per heavy atom. The van der Waals surface area contributed by atoms with Crippen molar-refractivity contribution in [2.24, 2.45) is 4.99 Å². The number of hydrogen-bond donors (Lipinski definition) is 2. The second kappa shape index (κ2) is 8.21. The van der Waals surface area contributed by atoms with E-state index in [-0.39, 0.29) is 0 Å². The Bertz CT molecular complexity index is 590. The predicted octanol–water partition coefficient (Wildman–Crippen LogP) is 0.896. The zero-order valence-electron chi connectivity index (χ0n) is 12.4. The van der Waals surface area contributed by atoms with Gasteiger partial charge in [-0.15, -0.1) is 0 Å². The number of nitrogens with zero attached hydrogens (tertiary/aromatic N) is 2. The van der Waals surface area contributed by atoms with Crippen LogP contribution in [0.5, 0.6) is 0 Å². The molecule has 0 amide bonds. The number of benzene rings is 1. The highest BCUT2D eigenvalue weighted by Gasteiger charge is 2.08. The number of hydrogen-bond acceptors (Lipinski definition) is 3. The standard InChI is InChI=1S/C13H21ClN4O2S/c1-15-13(16-8-9-17-21(3,19)20)18(2)10-11-6-4-5-7-12(11)14/h4-7,17H,8-10H2,1-3H3,(H,15,16). The third-order valence-corrected chi connectivity index (χ3v) is 3.81. The van der Waals surface area contributed by atoms with Crippen LogP contribution in [0.2, 0.25) is 5.02 Å². The molecule has 0 unspecified atom stereocenters. The topological polar surface area (TPSA) is 73.8 Å². The minimum Gasteiger partial charge on any atom is -0.355 e. The zero-order valence-corrected chi connectivity index (χ0v) is 14.0. The molecule has 0 saturated heterocycles. The molecular weight excluding hydrogens is 312 g/mol. The second-order valence-electron chi connectivity index (χ2n) is 4.59. The highest BCUT2D eigenvalue weighted by atomic mass is 35.5. The van der Waals surface area contributed by atoms with Crippen LogP contribution in [0.4, 0.5) is 0 Å². The van der Waals surface area contributed by atoms with Crippen LogP contribution in [0, 0.1) is 0 Å². The maximum Gasteiger partial charge on any atom is 0.208 e. The van der Waals surface area contributed by atoms with Crippen molar-refractivity contribution in [3.8, 4) is 0 Å². The number of halogens is 1. The maximum absolute atomic E-state index is 11.0. The van der Waals surface area contributed by atoms with Gasteiger partial charge >= 0.3 is 0 Å². The summed E-state index contributed by atoms with van der Waals surface area (Å²) < 4.78 is 24.3. The van der Waals surface area contributed by atoms with E-state index in [0.29, 0.717) is 30.6 Å². The minimum absolute atomic E-state index is 0.303. The summed E-state index contributed by atoms with van der Waals surface area (Å²) in [6.07, 6.45) is 1.13. The van der Waals surface area contributed by atoms with Gasteiger partial charge < -0.3 is 10.2 Å². The second-order valence-corrected chi connectivity index (χ2v) is 6.83. The van der Waals surface area contributed by atoms with Gasteiger partial charge in [0.05, 0.1) is 6.26 Å². The lowest BCUT2D eigenvalue weighted by molar-refractivity contribution is 0.477. The van der Waals surface area contributed by atoms with Crippen LogP contribution in [-0.4, -0.2) is 52.7 Å². The summed E-state index contributed by atoms with van der Waals surface area (Å²) in [5.41, 5.74) is 0.999. The first-order chi connectivity index (χ1) is 9.83. The molecule has 118 valence electrons. The van der Waals surface area contributed by atoms with E-state index in [0.717, 1.165) is 11.8 Å². The molecule has 8 heteroatoms. The van der Waals surface area contributed by atoms with Crippen LogP contribution in [0.25, 0.3) is 0 Å². The molecule has 2 N–H and O–H groups in total. The van der Waals surface area contributed by atoms with Gasteiger partial charge in [0.15, 0.2) is 5.96 Å². The monoisotopic (exact) mass is 332 g/mol. The molecule has 0 heterocycles. The van der Waals surface area contributed by atoms with E-state index < -0.39 is 10.0 Å². The van der Waals surface area contributed by atoms with Crippen molar-refractivity contribution in [2.45, 2.75) is 6.54 Å². The molecule has 0 bridgehead atoms. The highest BCUT2D eigenvalue weighted by Crippen LogP contribution is 2.16. The highest BCUT2D eigenvalue weighted by molar-refractivity contribution is 7.88. The smallest absolute Gasteiger partial charge is 0.208 e. The van der Waals surface area contributed by atoms with Crippen LogP contribution in [-0.2, 0) is 16.6 Å². The van der Waals surface area contributed by atoms with Crippen molar-refractivity contribution in [3.05, 3.63) is 34.9 Å². The Hall–Kier alpha value is -1.31. The molecule has 1 rings (SSSR count). The fourth-order valence-corrected chi connectivity index (χ4v) is 2.42. The molecule has 0 saturated carbocycles. The summed E-state index contributed by atoms with van der Waals surface area (Å²) in [6, 6.07) is 7.62. The molecule has 1 aromatic carbocycles. The van der Waals surface area contributed by atoms with Crippen LogP contribution in [0.15, 0.2) is 29.3 Å². The molecule has 21 heavy (non-hydrogen) atoms. The first-order valence-electron chi connectivity index (χ1n) is 6.43. The molecule has 1 aromatic rings. The molecule has 0 radical (unpaired) electrons. The molecule has 0 aliphatic heterocycles. The fraction of sp³-hybridized carbons (Fsp3) is 0.462. The summed E-state index contributed by atoms with van der Waals surface area (Å²) >= 11 is 6.13. The minimum atomic E-state index is -3.16.